The first-order valence-electron chi connectivity index (χ1n) is 12.1. The third-order valence-electron chi connectivity index (χ3n) is 6.24. The van der Waals surface area contributed by atoms with Crippen LogP contribution in [0.15, 0.2) is 47.4 Å². The molecule has 0 bridgehead atoms. The van der Waals surface area contributed by atoms with Crippen LogP contribution in [0.5, 0.6) is 0 Å². The molecule has 34 heavy (non-hydrogen) atoms. The lowest BCUT2D eigenvalue weighted by Crippen LogP contribution is -2.44. The largest absolute Gasteiger partial charge is 0.376 e. The minimum atomic E-state index is -3.78. The Morgan fingerprint density at radius 2 is 1.91 bits per heavy atom. The maximum absolute atomic E-state index is 13.2. The van der Waals surface area contributed by atoms with Crippen molar-refractivity contribution < 1.29 is 17.9 Å². The van der Waals surface area contributed by atoms with Gasteiger partial charge in [0.15, 0.2) is 0 Å². The fourth-order valence-electron chi connectivity index (χ4n) is 4.41. The molecule has 0 aromatic heterocycles. The molecular formula is C25H34N4O4S. The Balaban J connectivity index is 1.55. The molecule has 2 heterocycles. The molecule has 2 aliphatic heterocycles. The number of carbonyl (C=O) groups is 1. The Morgan fingerprint density at radius 1 is 1.15 bits per heavy atom. The highest BCUT2D eigenvalue weighted by Crippen LogP contribution is 2.27. The van der Waals surface area contributed by atoms with Gasteiger partial charge in [0.05, 0.1) is 16.6 Å². The number of rotatable bonds is 9. The molecule has 2 aliphatic rings. The van der Waals surface area contributed by atoms with E-state index in [1.165, 1.54) is 0 Å². The number of sulfonamides is 1. The summed E-state index contributed by atoms with van der Waals surface area (Å²) in [6.07, 6.45) is 3.88. The van der Waals surface area contributed by atoms with Crippen molar-refractivity contribution in [2.45, 2.75) is 43.6 Å². The van der Waals surface area contributed by atoms with Gasteiger partial charge in [0.2, 0.25) is 0 Å². The highest BCUT2D eigenvalue weighted by Gasteiger charge is 2.23. The molecule has 184 valence electrons. The second kappa shape index (κ2) is 11.2. The molecule has 2 fully saturated rings. The van der Waals surface area contributed by atoms with E-state index in [4.69, 9.17) is 4.74 Å². The van der Waals surface area contributed by atoms with Crippen molar-refractivity contribution in [3.8, 4) is 0 Å². The topological polar surface area (TPSA) is 99.8 Å². The summed E-state index contributed by atoms with van der Waals surface area (Å²) in [5, 5.41) is 6.29. The van der Waals surface area contributed by atoms with Gasteiger partial charge in [-0.2, -0.15) is 0 Å². The summed E-state index contributed by atoms with van der Waals surface area (Å²) in [4.78, 5) is 15.5. The average molecular weight is 487 g/mol. The van der Waals surface area contributed by atoms with Gasteiger partial charge in [-0.3, -0.25) is 9.52 Å². The number of anilines is 2. The van der Waals surface area contributed by atoms with E-state index in [0.717, 1.165) is 69.7 Å². The monoisotopic (exact) mass is 486 g/mol. The van der Waals surface area contributed by atoms with Gasteiger partial charge >= 0.3 is 0 Å². The van der Waals surface area contributed by atoms with Crippen LogP contribution in [0, 0.1) is 0 Å². The van der Waals surface area contributed by atoms with Crippen molar-refractivity contribution >= 4 is 27.3 Å². The van der Waals surface area contributed by atoms with Gasteiger partial charge in [-0.05, 0) is 55.2 Å². The molecule has 3 N–H and O–H groups in total. The summed E-state index contributed by atoms with van der Waals surface area (Å²) in [5.74, 6) is -0.228. The van der Waals surface area contributed by atoms with Crippen LogP contribution >= 0.6 is 0 Å². The van der Waals surface area contributed by atoms with E-state index in [1.54, 1.807) is 24.3 Å². The van der Waals surface area contributed by atoms with Crippen LogP contribution in [0.1, 0.15) is 42.1 Å². The second-order valence-electron chi connectivity index (χ2n) is 8.81. The Labute approximate surface area is 202 Å². The van der Waals surface area contributed by atoms with E-state index in [9.17, 15) is 13.2 Å². The van der Waals surface area contributed by atoms with Crippen molar-refractivity contribution in [2.24, 2.45) is 0 Å². The fraction of sp³-hybridized carbons (Fsp3) is 0.480. The van der Waals surface area contributed by atoms with E-state index in [2.05, 4.69) is 27.2 Å². The maximum Gasteiger partial charge on any atom is 0.261 e. The Morgan fingerprint density at radius 3 is 2.59 bits per heavy atom. The van der Waals surface area contributed by atoms with Gasteiger partial charge in [-0.1, -0.05) is 25.5 Å². The first-order chi connectivity index (χ1) is 16.5. The number of aryl methyl sites for hydroxylation is 1. The van der Waals surface area contributed by atoms with Crippen molar-refractivity contribution in [2.75, 3.05) is 49.0 Å². The van der Waals surface area contributed by atoms with Gasteiger partial charge in [0.25, 0.3) is 15.9 Å². The van der Waals surface area contributed by atoms with Gasteiger partial charge in [-0.15, -0.1) is 0 Å². The zero-order valence-electron chi connectivity index (χ0n) is 19.7. The van der Waals surface area contributed by atoms with E-state index in [0.29, 0.717) is 17.8 Å². The third kappa shape index (κ3) is 6.08. The van der Waals surface area contributed by atoms with Gasteiger partial charge in [0.1, 0.15) is 0 Å². The van der Waals surface area contributed by atoms with Crippen LogP contribution in [-0.4, -0.2) is 59.8 Å². The minimum absolute atomic E-state index is 0.0314. The Bertz CT molecular complexity index is 1080. The summed E-state index contributed by atoms with van der Waals surface area (Å²) in [6.45, 7) is 6.48. The molecule has 0 aliphatic carbocycles. The lowest BCUT2D eigenvalue weighted by Gasteiger charge is -2.31. The van der Waals surface area contributed by atoms with Crippen LogP contribution in [0.3, 0.4) is 0 Å². The maximum atomic E-state index is 13.2. The number of benzene rings is 2. The normalized spacial score (nSPS) is 18.6. The molecule has 8 nitrogen and oxygen atoms in total. The molecule has 2 aromatic rings. The molecule has 0 spiro atoms. The van der Waals surface area contributed by atoms with E-state index in [-0.39, 0.29) is 16.9 Å². The molecule has 2 aromatic carbocycles. The van der Waals surface area contributed by atoms with Crippen molar-refractivity contribution in [1.29, 1.82) is 0 Å². The molecule has 2 saturated heterocycles. The van der Waals surface area contributed by atoms with Crippen molar-refractivity contribution in [3.05, 3.63) is 53.6 Å². The zero-order chi connectivity index (χ0) is 24.0. The van der Waals surface area contributed by atoms with E-state index < -0.39 is 10.0 Å². The average Bonchev–Trinajstić information content (AvgIpc) is 3.37. The van der Waals surface area contributed by atoms with Crippen molar-refractivity contribution in [1.82, 2.24) is 10.6 Å². The quantitative estimate of drug-likeness (QED) is 0.504. The molecule has 0 saturated carbocycles. The standard InChI is InChI=1S/C25H34N4O4S/c1-2-4-19-6-9-22(10-7-19)34(31,32)28-20-8-11-24(29-14-12-26-13-15-29)23(17-20)25(30)27-18-21-5-3-16-33-21/h6-11,17,21,26,28H,2-5,12-16,18H2,1H3,(H,27,30)/t21-/m0/s1. The summed E-state index contributed by atoms with van der Waals surface area (Å²) < 4.78 is 34.3. The van der Waals surface area contributed by atoms with E-state index >= 15 is 0 Å². The van der Waals surface area contributed by atoms with Crippen LogP contribution < -0.4 is 20.3 Å². The first-order valence-corrected chi connectivity index (χ1v) is 13.6. The number of carbonyl (C=O) groups excluding carboxylic acids is 1. The lowest BCUT2D eigenvalue weighted by molar-refractivity contribution is 0.0858. The minimum Gasteiger partial charge on any atom is -0.376 e. The summed E-state index contributed by atoms with van der Waals surface area (Å²) in [5.41, 5.74) is 2.72. The van der Waals surface area contributed by atoms with E-state index in [1.807, 2.05) is 18.2 Å². The molecular weight excluding hydrogens is 452 g/mol. The highest BCUT2D eigenvalue weighted by atomic mass is 32.2. The SMILES string of the molecule is CCCc1ccc(S(=O)(=O)Nc2ccc(N3CCNCC3)c(C(=O)NC[C@@H]3CCCO3)c2)cc1. The number of piperazine rings is 1. The van der Waals surface area contributed by atoms with Crippen molar-refractivity contribution in [3.63, 3.8) is 0 Å². The lowest BCUT2D eigenvalue weighted by atomic mass is 10.1. The molecule has 1 atom stereocenters. The number of hydrogen-bond acceptors (Lipinski definition) is 6. The summed E-state index contributed by atoms with van der Waals surface area (Å²) in [6, 6.07) is 12.1. The fourth-order valence-corrected chi connectivity index (χ4v) is 5.46. The van der Waals surface area contributed by atoms with Crippen LogP contribution in [0.25, 0.3) is 0 Å². The predicted molar refractivity (Wildman–Crippen MR) is 134 cm³/mol. The molecule has 4 rings (SSSR count). The molecule has 0 unspecified atom stereocenters. The third-order valence-corrected chi connectivity index (χ3v) is 7.63. The number of hydrogen-bond donors (Lipinski definition) is 3. The number of ether oxygens (including phenoxy) is 1. The molecule has 0 radical (unpaired) electrons. The second-order valence-corrected chi connectivity index (χ2v) is 10.5. The smallest absolute Gasteiger partial charge is 0.261 e. The first kappa shape index (κ1) is 24.5. The zero-order valence-corrected chi connectivity index (χ0v) is 20.5. The summed E-state index contributed by atoms with van der Waals surface area (Å²) >= 11 is 0. The van der Waals surface area contributed by atoms with Crippen LogP contribution in [-0.2, 0) is 21.2 Å². The Hall–Kier alpha value is -2.62. The Kier molecular flexibility index (Phi) is 8.07. The van der Waals surface area contributed by atoms with Crippen LogP contribution in [0.2, 0.25) is 0 Å². The van der Waals surface area contributed by atoms with Gasteiger partial charge < -0.3 is 20.3 Å². The van der Waals surface area contributed by atoms with Gasteiger partial charge in [0, 0.05) is 50.7 Å². The summed E-state index contributed by atoms with van der Waals surface area (Å²) in [7, 11) is -3.78. The highest BCUT2D eigenvalue weighted by molar-refractivity contribution is 7.92. The molecule has 9 heteroatoms. The van der Waals surface area contributed by atoms with Gasteiger partial charge in [-0.25, -0.2) is 8.42 Å². The number of amides is 1. The number of nitrogens with one attached hydrogen (secondary N) is 3. The predicted octanol–water partition coefficient (Wildman–Crippen LogP) is 2.76. The van der Waals surface area contributed by atoms with Crippen LogP contribution in [0.4, 0.5) is 11.4 Å². The number of nitrogens with zero attached hydrogens (tertiary/aromatic N) is 1. The molecule has 1 amide bonds.